The van der Waals surface area contributed by atoms with E-state index in [4.69, 9.17) is 14.6 Å². The Morgan fingerprint density at radius 3 is 2.88 bits per heavy atom. The Morgan fingerprint density at radius 2 is 2.08 bits per heavy atom. The molecule has 0 aromatic heterocycles. The number of ether oxygens (including phenoxy) is 2. The van der Waals surface area contributed by atoms with Crippen molar-refractivity contribution in [1.82, 2.24) is 0 Å². The van der Waals surface area contributed by atoms with Gasteiger partial charge in [0.25, 0.3) is 0 Å². The van der Waals surface area contributed by atoms with Crippen molar-refractivity contribution in [2.75, 3.05) is 12.4 Å². The molecule has 132 valence electrons. The van der Waals surface area contributed by atoms with Gasteiger partial charge in [-0.3, -0.25) is 0 Å². The first-order valence-electron chi connectivity index (χ1n) is 8.15. The second kappa shape index (κ2) is 7.84. The maximum Gasteiger partial charge on any atom is 0.335 e. The fourth-order valence-corrected chi connectivity index (χ4v) is 4.29. The number of fused-ring (bicyclic) bond motifs is 6. The molecule has 3 heterocycles. The molecular weight excluding hydrogens is 332 g/mol. The number of benzene rings is 1. The van der Waals surface area contributed by atoms with Crippen molar-refractivity contribution in [2.24, 2.45) is 5.92 Å². The van der Waals surface area contributed by atoms with Crippen LogP contribution in [-0.4, -0.2) is 58.3 Å². The number of carboxylic acid groups (broad SMARTS) is 1. The highest BCUT2D eigenvalue weighted by Gasteiger charge is 2.45. The Morgan fingerprint density at radius 1 is 1.25 bits per heavy atom. The minimum atomic E-state index is -1.02. The van der Waals surface area contributed by atoms with Gasteiger partial charge in [-0.25, -0.2) is 4.79 Å². The van der Waals surface area contributed by atoms with E-state index >= 15 is 0 Å². The zero-order valence-corrected chi connectivity index (χ0v) is 14.0. The van der Waals surface area contributed by atoms with Crippen molar-refractivity contribution < 1.29 is 29.6 Å². The minimum absolute atomic E-state index is 0.145. The number of aliphatic hydroxyl groups is 2. The molecule has 2 bridgehead atoms. The van der Waals surface area contributed by atoms with Crippen LogP contribution < -0.4 is 0 Å². The number of carboxylic acids is 1. The van der Waals surface area contributed by atoms with E-state index in [0.717, 1.165) is 24.2 Å². The summed E-state index contributed by atoms with van der Waals surface area (Å²) in [5.74, 6) is -0.535. The number of carbonyl (C=O) groups is 1. The zero-order valence-electron chi connectivity index (χ0n) is 13.2. The number of hydrogen-bond acceptors (Lipinski definition) is 6. The lowest BCUT2D eigenvalue weighted by atomic mass is 9.86. The average molecular weight is 354 g/mol. The topological polar surface area (TPSA) is 96.2 Å². The Bertz CT molecular complexity index is 578. The van der Waals surface area contributed by atoms with Gasteiger partial charge in [0.15, 0.2) is 6.29 Å². The summed E-state index contributed by atoms with van der Waals surface area (Å²) in [7, 11) is 0. The molecule has 0 saturated carbocycles. The molecule has 0 aliphatic carbocycles. The van der Waals surface area contributed by atoms with Crippen molar-refractivity contribution >= 4 is 17.7 Å². The van der Waals surface area contributed by atoms with E-state index in [2.05, 4.69) is 0 Å². The van der Waals surface area contributed by atoms with Crippen LogP contribution in [0.2, 0.25) is 0 Å². The van der Waals surface area contributed by atoms with Gasteiger partial charge >= 0.3 is 5.97 Å². The van der Waals surface area contributed by atoms with Crippen molar-refractivity contribution in [3.63, 3.8) is 0 Å². The van der Waals surface area contributed by atoms with Crippen LogP contribution in [0.5, 0.6) is 0 Å². The molecule has 24 heavy (non-hydrogen) atoms. The van der Waals surface area contributed by atoms with Crippen LogP contribution in [0, 0.1) is 5.92 Å². The Kier molecular flexibility index (Phi) is 5.78. The van der Waals surface area contributed by atoms with Crippen LogP contribution >= 0.6 is 11.8 Å². The molecule has 3 aliphatic rings. The molecule has 0 spiro atoms. The zero-order chi connectivity index (χ0) is 17.1. The van der Waals surface area contributed by atoms with Gasteiger partial charge in [-0.15, -0.1) is 11.8 Å². The second-order valence-corrected chi connectivity index (χ2v) is 7.29. The molecule has 5 atom stereocenters. The molecule has 4 rings (SSSR count). The highest BCUT2D eigenvalue weighted by atomic mass is 32.2. The van der Waals surface area contributed by atoms with Crippen molar-refractivity contribution in [1.29, 1.82) is 0 Å². The first kappa shape index (κ1) is 17.7. The van der Waals surface area contributed by atoms with Crippen LogP contribution in [0.25, 0.3) is 0 Å². The monoisotopic (exact) mass is 354 g/mol. The molecule has 3 fully saturated rings. The Hall–Kier alpha value is -1.12. The summed E-state index contributed by atoms with van der Waals surface area (Å²) in [6.07, 6.45) is -0.358. The van der Waals surface area contributed by atoms with E-state index in [1.165, 1.54) is 11.8 Å². The summed E-state index contributed by atoms with van der Waals surface area (Å²) in [4.78, 5) is 11.9. The molecular formula is C17H22O6S. The fourth-order valence-electron chi connectivity index (χ4n) is 3.22. The first-order valence-corrected chi connectivity index (χ1v) is 9.14. The van der Waals surface area contributed by atoms with Gasteiger partial charge < -0.3 is 24.8 Å². The van der Waals surface area contributed by atoms with Crippen molar-refractivity contribution in [2.45, 2.75) is 48.8 Å². The van der Waals surface area contributed by atoms with Gasteiger partial charge in [-0.1, -0.05) is 12.5 Å². The van der Waals surface area contributed by atoms with E-state index in [9.17, 15) is 15.0 Å². The largest absolute Gasteiger partial charge is 0.478 e. The maximum absolute atomic E-state index is 11.1. The van der Waals surface area contributed by atoms with Gasteiger partial charge in [0, 0.05) is 23.2 Å². The van der Waals surface area contributed by atoms with E-state index in [0.29, 0.717) is 12.4 Å². The van der Waals surface area contributed by atoms with Crippen LogP contribution in [0.1, 0.15) is 29.6 Å². The molecule has 0 amide bonds. The smallest absolute Gasteiger partial charge is 0.335 e. The van der Waals surface area contributed by atoms with Crippen LogP contribution in [0.3, 0.4) is 0 Å². The highest BCUT2D eigenvalue weighted by Crippen LogP contribution is 2.35. The molecule has 5 unspecified atom stereocenters. The van der Waals surface area contributed by atoms with E-state index in [-0.39, 0.29) is 17.6 Å². The van der Waals surface area contributed by atoms with Crippen LogP contribution in [0.15, 0.2) is 29.2 Å². The van der Waals surface area contributed by atoms with Gasteiger partial charge in [0.1, 0.15) is 6.10 Å². The molecule has 3 saturated heterocycles. The molecule has 3 N–H and O–H groups in total. The SMILES string of the molecule is O=C(O)c1cccc(SCC2OC3OCCCCC2C(O)C3O)c1. The summed E-state index contributed by atoms with van der Waals surface area (Å²) >= 11 is 1.49. The third-order valence-corrected chi connectivity index (χ3v) is 5.65. The molecule has 3 aliphatic heterocycles. The number of rotatable bonds is 4. The van der Waals surface area contributed by atoms with Gasteiger partial charge in [-0.05, 0) is 31.0 Å². The normalized spacial score (nSPS) is 33.5. The third kappa shape index (κ3) is 3.92. The quantitative estimate of drug-likeness (QED) is 0.709. The Labute approximate surface area is 144 Å². The van der Waals surface area contributed by atoms with Gasteiger partial charge in [0.05, 0.1) is 17.8 Å². The summed E-state index contributed by atoms with van der Waals surface area (Å²) in [5, 5.41) is 29.6. The summed E-state index contributed by atoms with van der Waals surface area (Å²) in [6, 6.07) is 6.75. The predicted octanol–water partition coefficient (Wildman–Crippen LogP) is 1.74. The first-order chi connectivity index (χ1) is 11.6. The molecule has 7 heteroatoms. The van der Waals surface area contributed by atoms with E-state index in [1.54, 1.807) is 18.2 Å². The average Bonchev–Trinajstić information content (AvgIpc) is 2.72. The molecule has 0 radical (unpaired) electrons. The van der Waals surface area contributed by atoms with Crippen LogP contribution in [0.4, 0.5) is 0 Å². The number of aromatic carboxylic acids is 1. The molecule has 1 aromatic carbocycles. The van der Waals surface area contributed by atoms with E-state index < -0.39 is 24.5 Å². The standard InChI is InChI=1S/C17H22O6S/c18-14-12-6-1-2-7-22-17(15(14)19)23-13(12)9-24-11-5-3-4-10(8-11)16(20)21/h3-5,8,12-15,17-19H,1-2,6-7,9H2,(H,20,21). The maximum atomic E-state index is 11.1. The van der Waals surface area contributed by atoms with Gasteiger partial charge in [-0.2, -0.15) is 0 Å². The Balaban J connectivity index is 1.69. The number of thioether (sulfide) groups is 1. The van der Waals surface area contributed by atoms with Crippen molar-refractivity contribution in [3.05, 3.63) is 29.8 Å². The third-order valence-electron chi connectivity index (χ3n) is 4.56. The van der Waals surface area contributed by atoms with Crippen molar-refractivity contribution in [3.8, 4) is 0 Å². The minimum Gasteiger partial charge on any atom is -0.478 e. The lowest BCUT2D eigenvalue weighted by Crippen LogP contribution is -2.55. The number of hydrogen-bond donors (Lipinski definition) is 3. The summed E-state index contributed by atoms with van der Waals surface area (Å²) < 4.78 is 11.4. The summed E-state index contributed by atoms with van der Waals surface area (Å²) in [5.41, 5.74) is 0.246. The molecule has 6 nitrogen and oxygen atoms in total. The molecule has 1 aromatic rings. The lowest BCUT2D eigenvalue weighted by molar-refractivity contribution is -0.277. The summed E-state index contributed by atoms with van der Waals surface area (Å²) in [6.45, 7) is 0.516. The highest BCUT2D eigenvalue weighted by molar-refractivity contribution is 7.99. The number of aliphatic hydroxyl groups excluding tert-OH is 2. The predicted molar refractivity (Wildman–Crippen MR) is 88.1 cm³/mol. The van der Waals surface area contributed by atoms with E-state index in [1.807, 2.05) is 6.07 Å². The lowest BCUT2D eigenvalue weighted by Gasteiger charge is -2.42. The van der Waals surface area contributed by atoms with Gasteiger partial charge in [0.2, 0.25) is 0 Å². The van der Waals surface area contributed by atoms with Crippen LogP contribution in [-0.2, 0) is 9.47 Å². The fraction of sp³-hybridized carbons (Fsp3) is 0.588. The second-order valence-electron chi connectivity index (χ2n) is 6.20.